The topological polar surface area (TPSA) is 69.4 Å². The molecule has 0 aliphatic heterocycles. The first-order chi connectivity index (χ1) is 12.0. The lowest BCUT2D eigenvalue weighted by Gasteiger charge is -2.45. The van der Waals surface area contributed by atoms with Gasteiger partial charge in [0.15, 0.2) is 0 Å². The summed E-state index contributed by atoms with van der Waals surface area (Å²) in [5.74, 6) is 0. The Balaban J connectivity index is 1.73. The number of aliphatic hydroxyl groups excluding tert-OH is 1. The molecule has 6 heteroatoms. The molecule has 1 aliphatic carbocycles. The second-order valence-corrected chi connectivity index (χ2v) is 7.19. The maximum Gasteiger partial charge on any atom is 0.114 e. The van der Waals surface area contributed by atoms with Crippen LogP contribution in [-0.2, 0) is 21.7 Å². The van der Waals surface area contributed by atoms with E-state index in [1.807, 2.05) is 50.4 Å². The first-order valence-corrected chi connectivity index (χ1v) is 8.77. The second-order valence-electron chi connectivity index (χ2n) is 7.19. The first-order valence-electron chi connectivity index (χ1n) is 8.77. The molecule has 0 saturated heterocycles. The first kappa shape index (κ1) is 18.0. The highest BCUT2D eigenvalue weighted by atomic mass is 16.5. The Labute approximate surface area is 148 Å². The predicted octanol–water partition coefficient (Wildman–Crippen LogP) is 2.83. The third kappa shape index (κ3) is 3.61. The van der Waals surface area contributed by atoms with Gasteiger partial charge in [-0.25, -0.2) is 4.68 Å². The molecule has 0 radical (unpaired) electrons. The van der Waals surface area contributed by atoms with Crippen molar-refractivity contribution in [1.82, 2.24) is 15.0 Å². The lowest BCUT2D eigenvalue weighted by atomic mass is 9.74. The Bertz CT molecular complexity index is 675. The van der Waals surface area contributed by atoms with E-state index in [1.54, 1.807) is 11.8 Å². The van der Waals surface area contributed by atoms with Gasteiger partial charge in [0.25, 0.3) is 0 Å². The van der Waals surface area contributed by atoms with Gasteiger partial charge in [-0.1, -0.05) is 35.5 Å². The van der Waals surface area contributed by atoms with Gasteiger partial charge in [0.2, 0.25) is 0 Å². The van der Waals surface area contributed by atoms with Crippen molar-refractivity contribution in [1.29, 1.82) is 0 Å². The van der Waals surface area contributed by atoms with E-state index in [4.69, 9.17) is 9.47 Å². The zero-order valence-electron chi connectivity index (χ0n) is 15.2. The summed E-state index contributed by atoms with van der Waals surface area (Å²) in [6.45, 7) is 4.44. The van der Waals surface area contributed by atoms with Crippen LogP contribution in [0.25, 0.3) is 0 Å². The number of aromatic nitrogens is 3. The van der Waals surface area contributed by atoms with Crippen molar-refractivity contribution in [2.24, 2.45) is 0 Å². The van der Waals surface area contributed by atoms with Crippen molar-refractivity contribution >= 4 is 0 Å². The van der Waals surface area contributed by atoms with Crippen LogP contribution in [0.4, 0.5) is 0 Å². The minimum Gasteiger partial charge on any atom is -0.394 e. The molecule has 1 aromatic carbocycles. The molecule has 1 fully saturated rings. The number of nitrogens with zero attached hydrogens (tertiary/aromatic N) is 3. The SMILES string of the molecule is COC1(C(CO)n2cc(C(C)(C)OCc3ccccc3)nn2)CCC1. The van der Waals surface area contributed by atoms with Gasteiger partial charge >= 0.3 is 0 Å². The minimum atomic E-state index is -0.575. The van der Waals surface area contributed by atoms with Gasteiger partial charge in [-0.3, -0.25) is 0 Å². The van der Waals surface area contributed by atoms with Crippen LogP contribution in [0, 0.1) is 0 Å². The zero-order valence-corrected chi connectivity index (χ0v) is 15.2. The fourth-order valence-corrected chi connectivity index (χ4v) is 3.31. The molecule has 1 saturated carbocycles. The van der Waals surface area contributed by atoms with Gasteiger partial charge in [-0.05, 0) is 38.7 Å². The van der Waals surface area contributed by atoms with E-state index < -0.39 is 5.60 Å². The van der Waals surface area contributed by atoms with Gasteiger partial charge in [0.05, 0.1) is 25.0 Å². The predicted molar refractivity (Wildman–Crippen MR) is 94.0 cm³/mol. The van der Waals surface area contributed by atoms with Crippen LogP contribution in [-0.4, -0.2) is 39.4 Å². The van der Waals surface area contributed by atoms with Crippen molar-refractivity contribution in [3.63, 3.8) is 0 Å². The lowest BCUT2D eigenvalue weighted by molar-refractivity contribution is -0.123. The minimum absolute atomic E-state index is 0.0259. The highest BCUT2D eigenvalue weighted by Gasteiger charge is 2.46. The lowest BCUT2D eigenvalue weighted by Crippen LogP contribution is -2.49. The Hall–Kier alpha value is -1.76. The Morgan fingerprint density at radius 1 is 1.28 bits per heavy atom. The molecule has 1 aromatic heterocycles. The van der Waals surface area contributed by atoms with Crippen molar-refractivity contribution < 1.29 is 14.6 Å². The fraction of sp³-hybridized carbons (Fsp3) is 0.579. The van der Waals surface area contributed by atoms with Crippen LogP contribution in [0.5, 0.6) is 0 Å². The number of hydrogen-bond acceptors (Lipinski definition) is 5. The fourth-order valence-electron chi connectivity index (χ4n) is 3.31. The van der Waals surface area contributed by atoms with Crippen molar-refractivity contribution in [3.05, 3.63) is 47.8 Å². The average Bonchev–Trinajstić information content (AvgIpc) is 3.08. The van der Waals surface area contributed by atoms with Crippen LogP contribution < -0.4 is 0 Å². The average molecular weight is 345 g/mol. The van der Waals surface area contributed by atoms with Gasteiger partial charge in [0, 0.05) is 7.11 Å². The van der Waals surface area contributed by atoms with Crippen molar-refractivity contribution in [2.75, 3.05) is 13.7 Å². The summed E-state index contributed by atoms with van der Waals surface area (Å²) in [7, 11) is 1.70. The molecule has 0 spiro atoms. The number of hydrogen-bond donors (Lipinski definition) is 1. The number of methoxy groups -OCH3 is 1. The van der Waals surface area contributed by atoms with Crippen LogP contribution in [0.2, 0.25) is 0 Å². The molecule has 0 bridgehead atoms. The Morgan fingerprint density at radius 2 is 2.00 bits per heavy atom. The molecule has 0 amide bonds. The molecule has 6 nitrogen and oxygen atoms in total. The summed E-state index contributed by atoms with van der Waals surface area (Å²) >= 11 is 0. The molecule has 3 rings (SSSR count). The van der Waals surface area contributed by atoms with Crippen molar-refractivity contribution in [3.8, 4) is 0 Å². The second kappa shape index (κ2) is 7.23. The maximum atomic E-state index is 9.88. The van der Waals surface area contributed by atoms with E-state index in [9.17, 15) is 5.11 Å². The summed E-state index contributed by atoms with van der Waals surface area (Å²) in [5.41, 5.74) is 0.944. The molecule has 25 heavy (non-hydrogen) atoms. The van der Waals surface area contributed by atoms with Gasteiger partial charge in [-0.15, -0.1) is 5.10 Å². The summed E-state index contributed by atoms with van der Waals surface area (Å²) < 4.78 is 13.5. The molecule has 1 atom stereocenters. The van der Waals surface area contributed by atoms with Crippen LogP contribution >= 0.6 is 0 Å². The third-order valence-corrected chi connectivity index (χ3v) is 5.28. The third-order valence-electron chi connectivity index (χ3n) is 5.28. The number of aliphatic hydroxyl groups is 1. The molecule has 1 N–H and O–H groups in total. The van der Waals surface area contributed by atoms with Crippen molar-refractivity contribution in [2.45, 2.75) is 57.0 Å². The highest BCUT2D eigenvalue weighted by Crippen LogP contribution is 2.43. The standard InChI is InChI=1S/C19H27N3O3/c1-18(2,25-14-15-8-5-4-6-9-15)16-12-22(21-20-16)17(13-23)19(24-3)10-7-11-19/h4-6,8-9,12,17,23H,7,10-11,13-14H2,1-3H3. The molecular weight excluding hydrogens is 318 g/mol. The molecule has 2 aromatic rings. The van der Waals surface area contributed by atoms with Crippen LogP contribution in [0.3, 0.4) is 0 Å². The van der Waals surface area contributed by atoms with E-state index >= 15 is 0 Å². The maximum absolute atomic E-state index is 9.88. The largest absolute Gasteiger partial charge is 0.394 e. The van der Waals surface area contributed by atoms with E-state index in [2.05, 4.69) is 10.3 Å². The van der Waals surface area contributed by atoms with Gasteiger partial charge in [0.1, 0.15) is 17.3 Å². The molecule has 136 valence electrons. The highest BCUT2D eigenvalue weighted by molar-refractivity contribution is 5.14. The summed E-state index contributed by atoms with van der Waals surface area (Å²) in [6, 6.07) is 9.83. The quantitative estimate of drug-likeness (QED) is 0.797. The van der Waals surface area contributed by atoms with Gasteiger partial charge < -0.3 is 14.6 Å². The smallest absolute Gasteiger partial charge is 0.114 e. The van der Waals surface area contributed by atoms with Crippen LogP contribution in [0.15, 0.2) is 36.5 Å². The molecule has 1 unspecified atom stereocenters. The number of ether oxygens (including phenoxy) is 2. The summed E-state index contributed by atoms with van der Waals surface area (Å²) in [5, 5.41) is 18.4. The van der Waals surface area contributed by atoms with Crippen LogP contribution in [0.1, 0.15) is 50.4 Å². The van der Waals surface area contributed by atoms with E-state index in [0.717, 1.165) is 30.5 Å². The molecular formula is C19H27N3O3. The van der Waals surface area contributed by atoms with E-state index in [0.29, 0.717) is 6.61 Å². The molecule has 1 aliphatic rings. The number of benzene rings is 1. The van der Waals surface area contributed by atoms with Gasteiger partial charge in [-0.2, -0.15) is 0 Å². The normalized spacial score (nSPS) is 17.9. The Morgan fingerprint density at radius 3 is 2.56 bits per heavy atom. The Kier molecular flexibility index (Phi) is 5.22. The summed E-state index contributed by atoms with van der Waals surface area (Å²) in [4.78, 5) is 0. The van der Waals surface area contributed by atoms with E-state index in [-0.39, 0.29) is 18.2 Å². The number of rotatable bonds is 8. The summed E-state index contributed by atoms with van der Waals surface area (Å²) in [6.07, 6.45) is 4.83. The monoisotopic (exact) mass is 345 g/mol. The van der Waals surface area contributed by atoms with E-state index in [1.165, 1.54) is 0 Å². The molecule has 1 heterocycles. The zero-order chi connectivity index (χ0) is 17.9.